The minimum atomic E-state index is -0.694. The second-order valence-corrected chi connectivity index (χ2v) is 15.8. The molecule has 2 aromatic rings. The first kappa shape index (κ1) is 49.4. The molecule has 0 bridgehead atoms. The molecule has 0 aliphatic carbocycles. The number of hydrogen-bond acceptors (Lipinski definition) is 11. The molecule has 2 aliphatic rings. The van der Waals surface area contributed by atoms with E-state index in [-0.39, 0.29) is 55.3 Å². The lowest BCUT2D eigenvalue weighted by atomic mass is 10.00. The molecule has 4 rings (SSSR count). The number of nitrogens with one attached hydrogen (secondary N) is 1. The third-order valence-electron chi connectivity index (χ3n) is 10.8. The summed E-state index contributed by atoms with van der Waals surface area (Å²) >= 11 is 0. The van der Waals surface area contributed by atoms with Crippen molar-refractivity contribution in [3.63, 3.8) is 0 Å². The number of benzene rings is 2. The van der Waals surface area contributed by atoms with Crippen LogP contribution in [0.3, 0.4) is 0 Å². The van der Waals surface area contributed by atoms with Crippen molar-refractivity contribution in [3.05, 3.63) is 59.2 Å². The van der Waals surface area contributed by atoms with Gasteiger partial charge in [-0.25, -0.2) is 4.79 Å². The first-order valence-electron chi connectivity index (χ1n) is 21.5. The van der Waals surface area contributed by atoms with Gasteiger partial charge in [0.05, 0.1) is 55.3 Å². The smallest absolute Gasteiger partial charge is 0.411 e. The fraction of sp³-hybridized carbons (Fsp3) is 0.587. The first-order chi connectivity index (χ1) is 28.8. The number of aliphatic hydroxyl groups excluding tert-OH is 2. The number of likely N-dealkylation sites (tertiary alicyclic amines) is 2. The number of anilines is 2. The third-order valence-corrected chi connectivity index (χ3v) is 10.8. The van der Waals surface area contributed by atoms with Crippen molar-refractivity contribution in [3.8, 4) is 11.5 Å². The van der Waals surface area contributed by atoms with Gasteiger partial charge < -0.3 is 49.5 Å². The fourth-order valence-electron chi connectivity index (χ4n) is 7.34. The molecule has 0 radical (unpaired) electrons. The van der Waals surface area contributed by atoms with Crippen LogP contribution in [0.25, 0.3) is 0 Å². The van der Waals surface area contributed by atoms with Crippen molar-refractivity contribution in [2.45, 2.75) is 130 Å². The minimum absolute atomic E-state index is 0.0184. The van der Waals surface area contributed by atoms with Crippen LogP contribution < -0.4 is 20.5 Å². The number of nitrogen functional groups attached to an aromatic ring is 1. The highest BCUT2D eigenvalue weighted by atomic mass is 16.5. The number of aliphatic hydroxyl groups is 2. The van der Waals surface area contributed by atoms with Gasteiger partial charge in [-0.15, -0.1) is 0 Å². The van der Waals surface area contributed by atoms with E-state index in [0.29, 0.717) is 73.1 Å². The Bertz CT molecular complexity index is 1750. The molecule has 14 heteroatoms. The molecule has 0 aromatic heterocycles. The number of rotatable bonds is 21. The summed E-state index contributed by atoms with van der Waals surface area (Å²) in [5, 5.41) is 21.9. The number of aryl methyl sites for hydroxylation is 2. The zero-order valence-electron chi connectivity index (χ0n) is 36.2. The van der Waals surface area contributed by atoms with E-state index < -0.39 is 6.09 Å². The molecular weight excluding hydrogens is 769 g/mol. The second kappa shape index (κ2) is 26.3. The minimum Gasteiger partial charge on any atom is -0.493 e. The summed E-state index contributed by atoms with van der Waals surface area (Å²) in [5.74, 6) is 1.29. The molecule has 0 unspecified atom stereocenters. The summed E-state index contributed by atoms with van der Waals surface area (Å²) in [6.45, 7) is 12.6. The van der Waals surface area contributed by atoms with Gasteiger partial charge in [0.2, 0.25) is 0 Å². The number of piperidine rings is 2. The summed E-state index contributed by atoms with van der Waals surface area (Å²) in [7, 11) is 0. The van der Waals surface area contributed by atoms with E-state index in [1.165, 1.54) is 6.08 Å². The Balaban J connectivity index is 0.000000327. The number of hydrogen-bond donors (Lipinski definition) is 4. The van der Waals surface area contributed by atoms with Gasteiger partial charge in [0.15, 0.2) is 0 Å². The molecular formula is C46H68N4O10. The Kier molecular flexibility index (Phi) is 21.7. The lowest BCUT2D eigenvalue weighted by molar-refractivity contribution is -0.118. The van der Waals surface area contributed by atoms with Crippen LogP contribution in [0.1, 0.15) is 136 Å². The van der Waals surface area contributed by atoms with Crippen molar-refractivity contribution in [2.75, 3.05) is 57.2 Å². The van der Waals surface area contributed by atoms with Crippen LogP contribution in [0.4, 0.5) is 16.2 Å². The standard InChI is InChI=1S/C25H36N2O6.C21H32N2O4/c1-4-13-33-25(31)26-22-16-23(32-14-9-5-6-10-19(3)29)18(2)15-21(22)24(30)27-12-8-7-11-20(27)17-28;1-15-12-18(21(26)23-10-6-5-9-17(23)14-24)19(22)13-20(15)27-11-7-3-4-8-16(2)25/h4,15-16,20,28H,1,5-14,17H2,2-3H3,(H,26,31);12-13,17,24H,3-11,14,22H2,1-2H3/t20-;17-/m00/s1. The number of Topliss-reactive ketones (excluding diaryl/α,β-unsaturated/α-hetero) is 2. The van der Waals surface area contributed by atoms with Crippen LogP contribution in [0.15, 0.2) is 36.9 Å². The number of nitrogens with two attached hydrogens (primary N) is 1. The molecule has 3 amide bonds. The van der Waals surface area contributed by atoms with Crippen LogP contribution in [0.5, 0.6) is 11.5 Å². The van der Waals surface area contributed by atoms with Crippen molar-refractivity contribution in [1.82, 2.24) is 9.80 Å². The predicted molar refractivity (Wildman–Crippen MR) is 233 cm³/mol. The maximum atomic E-state index is 13.4. The molecule has 2 atom stereocenters. The summed E-state index contributed by atoms with van der Waals surface area (Å²) in [6, 6.07) is 6.49. The Morgan fingerprint density at radius 1 is 0.733 bits per heavy atom. The normalized spacial score (nSPS) is 16.2. The van der Waals surface area contributed by atoms with Crippen LogP contribution in [0, 0.1) is 13.8 Å². The Hall–Kier alpha value is -4.95. The van der Waals surface area contributed by atoms with Gasteiger partial charge in [-0.1, -0.05) is 12.7 Å². The number of nitrogens with zero attached hydrogens (tertiary/aromatic N) is 2. The number of carbonyl (C=O) groups excluding carboxylic acids is 5. The maximum absolute atomic E-state index is 13.4. The van der Waals surface area contributed by atoms with Gasteiger partial charge in [-0.2, -0.15) is 0 Å². The van der Waals surface area contributed by atoms with E-state index in [4.69, 9.17) is 19.9 Å². The van der Waals surface area contributed by atoms with Gasteiger partial charge in [-0.3, -0.25) is 14.9 Å². The van der Waals surface area contributed by atoms with Gasteiger partial charge >= 0.3 is 6.09 Å². The molecule has 5 N–H and O–H groups in total. The van der Waals surface area contributed by atoms with Gasteiger partial charge in [0.1, 0.15) is 29.7 Å². The second-order valence-electron chi connectivity index (χ2n) is 15.8. The fourth-order valence-corrected chi connectivity index (χ4v) is 7.34. The molecule has 332 valence electrons. The van der Waals surface area contributed by atoms with Crippen LogP contribution in [0.2, 0.25) is 0 Å². The molecule has 2 fully saturated rings. The number of ketones is 2. The zero-order valence-corrected chi connectivity index (χ0v) is 36.2. The SMILES string of the molecule is C=CCOC(=O)Nc1cc(OCCCCCC(C)=O)c(C)cc1C(=O)N1CCCC[C@H]1CO.CC(=O)CCCCCOc1cc(N)c(C(=O)N2CCCC[C@H]2CO)cc1C. The average molecular weight is 837 g/mol. The number of carbonyl (C=O) groups is 5. The Morgan fingerprint density at radius 2 is 1.22 bits per heavy atom. The summed E-state index contributed by atoms with van der Waals surface area (Å²) in [5.41, 5.74) is 9.29. The van der Waals surface area contributed by atoms with Crippen molar-refractivity contribution >= 4 is 40.8 Å². The Labute approximate surface area is 355 Å². The molecule has 0 saturated carbocycles. The van der Waals surface area contributed by atoms with E-state index in [1.54, 1.807) is 47.9 Å². The first-order valence-corrected chi connectivity index (χ1v) is 21.5. The zero-order chi connectivity index (χ0) is 44.0. The summed E-state index contributed by atoms with van der Waals surface area (Å²) < 4.78 is 16.8. The quantitative estimate of drug-likeness (QED) is 0.0558. The molecule has 2 saturated heterocycles. The van der Waals surface area contributed by atoms with E-state index in [0.717, 1.165) is 88.2 Å². The van der Waals surface area contributed by atoms with Crippen LogP contribution in [-0.4, -0.2) is 108 Å². The summed E-state index contributed by atoms with van der Waals surface area (Å²) in [6.07, 6.45) is 12.6. The van der Waals surface area contributed by atoms with Crippen molar-refractivity contribution in [1.29, 1.82) is 0 Å². The number of unbranched alkanes of at least 4 members (excludes halogenated alkanes) is 4. The van der Waals surface area contributed by atoms with Crippen molar-refractivity contribution in [2.24, 2.45) is 0 Å². The number of amides is 3. The largest absolute Gasteiger partial charge is 0.493 e. The molecule has 0 spiro atoms. The topological polar surface area (TPSA) is 198 Å². The van der Waals surface area contributed by atoms with Crippen LogP contribution >= 0.6 is 0 Å². The highest BCUT2D eigenvalue weighted by Crippen LogP contribution is 2.31. The maximum Gasteiger partial charge on any atom is 0.411 e. The molecule has 2 heterocycles. The third kappa shape index (κ3) is 15.9. The van der Waals surface area contributed by atoms with E-state index in [1.807, 2.05) is 13.8 Å². The van der Waals surface area contributed by atoms with E-state index in [9.17, 15) is 34.2 Å². The molecule has 2 aliphatic heterocycles. The Morgan fingerprint density at radius 3 is 1.70 bits per heavy atom. The van der Waals surface area contributed by atoms with Crippen LogP contribution in [-0.2, 0) is 14.3 Å². The molecule has 2 aromatic carbocycles. The highest BCUT2D eigenvalue weighted by Gasteiger charge is 2.30. The monoisotopic (exact) mass is 836 g/mol. The van der Waals surface area contributed by atoms with Gasteiger partial charge in [0.25, 0.3) is 11.8 Å². The van der Waals surface area contributed by atoms with E-state index in [2.05, 4.69) is 11.9 Å². The van der Waals surface area contributed by atoms with Gasteiger partial charge in [-0.05, 0) is 128 Å². The lowest BCUT2D eigenvalue weighted by Gasteiger charge is -2.35. The van der Waals surface area contributed by atoms with Crippen molar-refractivity contribution < 1.29 is 48.4 Å². The molecule has 14 nitrogen and oxygen atoms in total. The predicted octanol–water partition coefficient (Wildman–Crippen LogP) is 7.34. The highest BCUT2D eigenvalue weighted by molar-refractivity contribution is 6.03. The summed E-state index contributed by atoms with van der Waals surface area (Å²) in [4.78, 5) is 63.9. The number of ether oxygens (including phenoxy) is 3. The van der Waals surface area contributed by atoms with Gasteiger partial charge in [0, 0.05) is 43.8 Å². The molecule has 60 heavy (non-hydrogen) atoms. The lowest BCUT2D eigenvalue weighted by Crippen LogP contribution is -2.45. The average Bonchev–Trinajstić information content (AvgIpc) is 3.23. The van der Waals surface area contributed by atoms with E-state index >= 15 is 0 Å².